The summed E-state index contributed by atoms with van der Waals surface area (Å²) < 4.78 is 0. The molecule has 1 N–H and O–H groups in total. The fraction of sp³-hybridized carbons (Fsp3) is 1.00. The molecule has 104 valence electrons. The quantitative estimate of drug-likeness (QED) is 0.779. The van der Waals surface area contributed by atoms with E-state index in [-0.39, 0.29) is 0 Å². The lowest BCUT2D eigenvalue weighted by atomic mass is 9.83. The molecule has 18 heavy (non-hydrogen) atoms. The van der Waals surface area contributed by atoms with Crippen molar-refractivity contribution in [1.82, 2.24) is 10.2 Å². The van der Waals surface area contributed by atoms with Crippen molar-refractivity contribution in [3.63, 3.8) is 0 Å². The van der Waals surface area contributed by atoms with Crippen LogP contribution in [-0.2, 0) is 0 Å². The number of likely N-dealkylation sites (tertiary alicyclic amines) is 1. The monoisotopic (exact) mass is 250 g/mol. The van der Waals surface area contributed by atoms with Gasteiger partial charge in [-0.05, 0) is 62.9 Å². The molecule has 2 aliphatic carbocycles. The van der Waals surface area contributed by atoms with E-state index >= 15 is 0 Å². The number of nitrogens with one attached hydrogen (secondary N) is 1. The minimum absolute atomic E-state index is 0.693. The lowest BCUT2D eigenvalue weighted by molar-refractivity contribution is 0.166. The Morgan fingerprint density at radius 1 is 1.17 bits per heavy atom. The highest BCUT2D eigenvalue weighted by Gasteiger charge is 2.36. The molecule has 0 spiro atoms. The van der Waals surface area contributed by atoms with Gasteiger partial charge in [-0.1, -0.05) is 19.8 Å². The molecule has 2 saturated carbocycles. The van der Waals surface area contributed by atoms with Gasteiger partial charge in [-0.3, -0.25) is 0 Å². The number of nitrogens with zero attached hydrogens (tertiary/aromatic N) is 1. The third kappa shape index (κ3) is 3.08. The Balaban J connectivity index is 1.43. The zero-order valence-electron chi connectivity index (χ0n) is 12.1. The van der Waals surface area contributed by atoms with Crippen molar-refractivity contribution in [2.24, 2.45) is 11.3 Å². The van der Waals surface area contributed by atoms with E-state index in [1.165, 1.54) is 77.5 Å². The molecule has 2 heteroatoms. The molecule has 3 aliphatic rings. The fourth-order valence-corrected chi connectivity index (χ4v) is 4.07. The lowest BCUT2D eigenvalue weighted by Gasteiger charge is -2.32. The van der Waals surface area contributed by atoms with Gasteiger partial charge in [0.15, 0.2) is 0 Å². The molecule has 0 aromatic rings. The van der Waals surface area contributed by atoms with Crippen molar-refractivity contribution in [2.45, 2.75) is 64.3 Å². The third-order valence-electron chi connectivity index (χ3n) is 5.62. The van der Waals surface area contributed by atoms with Crippen LogP contribution in [-0.4, -0.2) is 37.1 Å². The van der Waals surface area contributed by atoms with E-state index in [1.807, 2.05) is 0 Å². The van der Waals surface area contributed by atoms with Gasteiger partial charge in [0.05, 0.1) is 0 Å². The summed E-state index contributed by atoms with van der Waals surface area (Å²) in [5.41, 5.74) is 0.693. The maximum absolute atomic E-state index is 3.71. The van der Waals surface area contributed by atoms with Gasteiger partial charge in [-0.15, -0.1) is 0 Å². The fourth-order valence-electron chi connectivity index (χ4n) is 4.07. The number of rotatable bonds is 6. The molecule has 0 bridgehead atoms. The Kier molecular flexibility index (Phi) is 3.95. The second-order valence-corrected chi connectivity index (χ2v) is 7.13. The van der Waals surface area contributed by atoms with Crippen LogP contribution in [0.1, 0.15) is 58.3 Å². The Hall–Kier alpha value is -0.0800. The molecule has 0 amide bonds. The first-order valence-electron chi connectivity index (χ1n) is 8.25. The molecule has 0 aromatic carbocycles. The Morgan fingerprint density at radius 3 is 2.61 bits per heavy atom. The van der Waals surface area contributed by atoms with E-state index in [0.29, 0.717) is 5.41 Å². The van der Waals surface area contributed by atoms with Gasteiger partial charge in [0, 0.05) is 19.1 Å². The normalized spacial score (nSPS) is 32.2. The molecule has 3 rings (SSSR count). The SMILES string of the molecule is CCC1(CN2CCC(CNC3CC3)C2)CCCC1. The lowest BCUT2D eigenvalue weighted by Crippen LogP contribution is -2.35. The van der Waals surface area contributed by atoms with E-state index in [2.05, 4.69) is 17.1 Å². The molecule has 1 saturated heterocycles. The average Bonchev–Trinajstić information content (AvgIpc) is 2.93. The van der Waals surface area contributed by atoms with Gasteiger partial charge in [0.2, 0.25) is 0 Å². The zero-order valence-corrected chi connectivity index (χ0v) is 12.1. The Labute approximate surface area is 113 Å². The maximum atomic E-state index is 3.71. The molecule has 0 aromatic heterocycles. The summed E-state index contributed by atoms with van der Waals surface area (Å²) in [6, 6.07) is 0.885. The van der Waals surface area contributed by atoms with Crippen molar-refractivity contribution in [3.8, 4) is 0 Å². The largest absolute Gasteiger partial charge is 0.314 e. The maximum Gasteiger partial charge on any atom is 0.00683 e. The molecule has 3 fully saturated rings. The minimum atomic E-state index is 0.693. The van der Waals surface area contributed by atoms with Crippen LogP contribution < -0.4 is 5.32 Å². The van der Waals surface area contributed by atoms with Gasteiger partial charge in [0.1, 0.15) is 0 Å². The van der Waals surface area contributed by atoms with E-state index in [4.69, 9.17) is 0 Å². The highest BCUT2D eigenvalue weighted by atomic mass is 15.2. The Morgan fingerprint density at radius 2 is 1.94 bits per heavy atom. The van der Waals surface area contributed by atoms with Gasteiger partial charge in [-0.25, -0.2) is 0 Å². The molecular weight excluding hydrogens is 220 g/mol. The number of hydrogen-bond donors (Lipinski definition) is 1. The highest BCUT2D eigenvalue weighted by Crippen LogP contribution is 2.42. The summed E-state index contributed by atoms with van der Waals surface area (Å²) in [6.45, 7) is 7.80. The Bertz CT molecular complexity index is 266. The minimum Gasteiger partial charge on any atom is -0.314 e. The third-order valence-corrected chi connectivity index (χ3v) is 5.62. The van der Waals surface area contributed by atoms with Crippen molar-refractivity contribution >= 4 is 0 Å². The first kappa shape index (κ1) is 12.9. The average molecular weight is 250 g/mol. The molecular formula is C16H30N2. The van der Waals surface area contributed by atoms with Crippen molar-refractivity contribution in [2.75, 3.05) is 26.2 Å². The van der Waals surface area contributed by atoms with Crippen LogP contribution in [0.3, 0.4) is 0 Å². The molecule has 1 atom stereocenters. The van der Waals surface area contributed by atoms with Crippen LogP contribution in [0, 0.1) is 11.3 Å². The second-order valence-electron chi connectivity index (χ2n) is 7.13. The van der Waals surface area contributed by atoms with Gasteiger partial charge >= 0.3 is 0 Å². The van der Waals surface area contributed by atoms with Crippen LogP contribution in [0.5, 0.6) is 0 Å². The van der Waals surface area contributed by atoms with E-state index in [0.717, 1.165) is 12.0 Å². The predicted octanol–water partition coefficient (Wildman–Crippen LogP) is 3.03. The first-order valence-corrected chi connectivity index (χ1v) is 8.25. The standard InChI is InChI=1S/C16H30N2/c1-2-16(8-3-4-9-16)13-18-10-7-14(12-18)11-17-15-5-6-15/h14-15,17H,2-13H2,1H3. The summed E-state index contributed by atoms with van der Waals surface area (Å²) in [5, 5.41) is 3.71. The van der Waals surface area contributed by atoms with E-state index in [9.17, 15) is 0 Å². The van der Waals surface area contributed by atoms with Gasteiger partial charge in [-0.2, -0.15) is 0 Å². The molecule has 2 nitrogen and oxygen atoms in total. The van der Waals surface area contributed by atoms with Crippen LogP contribution in [0.15, 0.2) is 0 Å². The van der Waals surface area contributed by atoms with E-state index < -0.39 is 0 Å². The second kappa shape index (κ2) is 5.50. The summed E-state index contributed by atoms with van der Waals surface area (Å²) >= 11 is 0. The molecule has 1 heterocycles. The summed E-state index contributed by atoms with van der Waals surface area (Å²) in [4.78, 5) is 2.77. The van der Waals surface area contributed by atoms with Gasteiger partial charge in [0.25, 0.3) is 0 Å². The predicted molar refractivity (Wildman–Crippen MR) is 76.8 cm³/mol. The topological polar surface area (TPSA) is 15.3 Å². The van der Waals surface area contributed by atoms with Crippen molar-refractivity contribution < 1.29 is 0 Å². The summed E-state index contributed by atoms with van der Waals surface area (Å²) in [7, 11) is 0. The van der Waals surface area contributed by atoms with Gasteiger partial charge < -0.3 is 10.2 Å². The highest BCUT2D eigenvalue weighted by molar-refractivity contribution is 4.90. The van der Waals surface area contributed by atoms with Crippen LogP contribution in [0.2, 0.25) is 0 Å². The summed E-state index contributed by atoms with van der Waals surface area (Å²) in [6.07, 6.45) is 11.6. The molecule has 0 radical (unpaired) electrons. The van der Waals surface area contributed by atoms with Crippen LogP contribution >= 0.6 is 0 Å². The van der Waals surface area contributed by atoms with E-state index in [1.54, 1.807) is 0 Å². The number of hydrogen-bond acceptors (Lipinski definition) is 2. The van der Waals surface area contributed by atoms with Crippen molar-refractivity contribution in [1.29, 1.82) is 0 Å². The van der Waals surface area contributed by atoms with Crippen molar-refractivity contribution in [3.05, 3.63) is 0 Å². The first-order chi connectivity index (χ1) is 8.80. The zero-order chi connectivity index (χ0) is 12.4. The smallest absolute Gasteiger partial charge is 0.00683 e. The summed E-state index contributed by atoms with van der Waals surface area (Å²) in [5.74, 6) is 0.931. The van der Waals surface area contributed by atoms with Crippen LogP contribution in [0.4, 0.5) is 0 Å². The van der Waals surface area contributed by atoms with Crippen LogP contribution in [0.25, 0.3) is 0 Å². The molecule has 1 unspecified atom stereocenters. The molecule has 1 aliphatic heterocycles.